The quantitative estimate of drug-likeness (QED) is 0.693. The summed E-state index contributed by atoms with van der Waals surface area (Å²) in [5.74, 6) is 1.18. The van der Waals surface area contributed by atoms with Gasteiger partial charge in [0.1, 0.15) is 18.1 Å². The molecule has 0 radical (unpaired) electrons. The van der Waals surface area contributed by atoms with Gasteiger partial charge in [0.05, 0.1) is 22.6 Å². The maximum absolute atomic E-state index is 12.3. The minimum atomic E-state index is -0.227. The summed E-state index contributed by atoms with van der Waals surface area (Å²) in [6.07, 6.45) is 0. The van der Waals surface area contributed by atoms with Crippen LogP contribution in [0.2, 0.25) is 0 Å². The first-order chi connectivity index (χ1) is 12.0. The zero-order valence-electron chi connectivity index (χ0n) is 14.1. The zero-order chi connectivity index (χ0) is 17.8. The number of para-hydroxylation sites is 2. The molecule has 0 fully saturated rings. The van der Waals surface area contributed by atoms with Gasteiger partial charge in [0.25, 0.3) is 5.91 Å². The molecule has 0 saturated heterocycles. The van der Waals surface area contributed by atoms with Crippen molar-refractivity contribution in [3.63, 3.8) is 0 Å². The van der Waals surface area contributed by atoms with E-state index in [0.29, 0.717) is 29.3 Å². The fourth-order valence-corrected chi connectivity index (χ4v) is 2.37. The minimum absolute atomic E-state index is 0.227. The molecule has 0 aliphatic heterocycles. The Morgan fingerprint density at radius 2 is 1.88 bits per heavy atom. The molecule has 0 aliphatic carbocycles. The molecule has 3 aromatic rings. The van der Waals surface area contributed by atoms with Crippen LogP contribution < -0.4 is 15.8 Å². The number of amides is 1. The summed E-state index contributed by atoms with van der Waals surface area (Å²) < 4.78 is 10.8. The van der Waals surface area contributed by atoms with Crippen LogP contribution >= 0.6 is 0 Å². The molecule has 6 nitrogen and oxygen atoms in total. The van der Waals surface area contributed by atoms with Crippen molar-refractivity contribution < 1.29 is 14.1 Å². The van der Waals surface area contributed by atoms with E-state index in [0.717, 1.165) is 17.0 Å². The van der Waals surface area contributed by atoms with Crippen molar-refractivity contribution >= 4 is 17.3 Å². The number of rotatable bonds is 5. The van der Waals surface area contributed by atoms with E-state index < -0.39 is 0 Å². The molecular formula is C19H19N3O3. The molecule has 6 heteroatoms. The molecule has 0 aliphatic rings. The summed E-state index contributed by atoms with van der Waals surface area (Å²) in [5.41, 5.74) is 9.21. The molecule has 0 spiro atoms. The number of hydrogen-bond donors (Lipinski definition) is 2. The van der Waals surface area contributed by atoms with Gasteiger partial charge in [-0.15, -0.1) is 0 Å². The first-order valence-corrected chi connectivity index (χ1v) is 7.85. The lowest BCUT2D eigenvalue weighted by molar-refractivity contribution is 0.102. The number of ether oxygens (including phenoxy) is 1. The summed E-state index contributed by atoms with van der Waals surface area (Å²) in [4.78, 5) is 12.3. The molecule has 0 saturated carbocycles. The Morgan fingerprint density at radius 3 is 2.52 bits per heavy atom. The van der Waals surface area contributed by atoms with Gasteiger partial charge in [-0.2, -0.15) is 0 Å². The Balaban J connectivity index is 1.64. The number of aryl methyl sites for hydroxylation is 2. The first kappa shape index (κ1) is 16.6. The van der Waals surface area contributed by atoms with E-state index in [9.17, 15) is 4.79 Å². The fraction of sp³-hybridized carbons (Fsp3) is 0.158. The van der Waals surface area contributed by atoms with Gasteiger partial charge in [0.2, 0.25) is 0 Å². The second-order valence-electron chi connectivity index (χ2n) is 5.66. The van der Waals surface area contributed by atoms with Crippen molar-refractivity contribution in [1.29, 1.82) is 0 Å². The molecule has 25 heavy (non-hydrogen) atoms. The highest BCUT2D eigenvalue weighted by atomic mass is 16.5. The number of anilines is 2. The largest absolute Gasteiger partial charge is 0.489 e. The third kappa shape index (κ3) is 3.80. The molecule has 1 amide bonds. The Hall–Kier alpha value is -3.28. The summed E-state index contributed by atoms with van der Waals surface area (Å²) >= 11 is 0. The van der Waals surface area contributed by atoms with Gasteiger partial charge in [0.15, 0.2) is 0 Å². The Kier molecular flexibility index (Phi) is 4.70. The van der Waals surface area contributed by atoms with Crippen molar-refractivity contribution in [1.82, 2.24) is 5.16 Å². The number of carbonyl (C=O) groups is 1. The van der Waals surface area contributed by atoms with E-state index in [2.05, 4.69) is 10.5 Å². The van der Waals surface area contributed by atoms with Gasteiger partial charge >= 0.3 is 0 Å². The van der Waals surface area contributed by atoms with E-state index in [1.165, 1.54) is 0 Å². The van der Waals surface area contributed by atoms with Crippen LogP contribution in [0.5, 0.6) is 5.75 Å². The van der Waals surface area contributed by atoms with Crippen LogP contribution in [-0.4, -0.2) is 11.1 Å². The number of nitrogens with zero attached hydrogens (tertiary/aromatic N) is 1. The maximum atomic E-state index is 12.3. The second kappa shape index (κ2) is 7.09. The van der Waals surface area contributed by atoms with Crippen molar-refractivity contribution in [2.75, 3.05) is 11.1 Å². The van der Waals surface area contributed by atoms with Crippen LogP contribution in [0.25, 0.3) is 0 Å². The molecule has 0 atom stereocenters. The second-order valence-corrected chi connectivity index (χ2v) is 5.66. The zero-order valence-corrected chi connectivity index (χ0v) is 14.1. The van der Waals surface area contributed by atoms with Crippen LogP contribution in [0, 0.1) is 13.8 Å². The molecule has 3 N–H and O–H groups in total. The molecule has 1 heterocycles. The summed E-state index contributed by atoms with van der Waals surface area (Å²) in [6, 6.07) is 14.0. The number of nitrogen functional groups attached to an aromatic ring is 1. The number of nitrogens with one attached hydrogen (secondary N) is 1. The Morgan fingerprint density at radius 1 is 1.16 bits per heavy atom. The summed E-state index contributed by atoms with van der Waals surface area (Å²) in [5, 5.41) is 6.68. The number of nitrogens with two attached hydrogens (primary N) is 1. The summed E-state index contributed by atoms with van der Waals surface area (Å²) in [7, 11) is 0. The molecule has 2 aromatic carbocycles. The maximum Gasteiger partial charge on any atom is 0.255 e. The Bertz CT molecular complexity index is 866. The van der Waals surface area contributed by atoms with E-state index in [4.69, 9.17) is 15.0 Å². The van der Waals surface area contributed by atoms with Crippen molar-refractivity contribution in [2.24, 2.45) is 0 Å². The van der Waals surface area contributed by atoms with Crippen LogP contribution in [0.15, 0.2) is 53.1 Å². The average Bonchev–Trinajstić information content (AvgIpc) is 2.93. The van der Waals surface area contributed by atoms with Crippen molar-refractivity contribution in [3.05, 3.63) is 71.1 Å². The number of benzene rings is 2. The van der Waals surface area contributed by atoms with Crippen LogP contribution in [0.4, 0.5) is 11.4 Å². The number of aromatic nitrogens is 1. The first-order valence-electron chi connectivity index (χ1n) is 7.85. The number of carbonyl (C=O) groups excluding carboxylic acids is 1. The topological polar surface area (TPSA) is 90.4 Å². The lowest BCUT2D eigenvalue weighted by Gasteiger charge is -2.09. The smallest absolute Gasteiger partial charge is 0.255 e. The lowest BCUT2D eigenvalue weighted by atomic mass is 10.2. The van der Waals surface area contributed by atoms with Gasteiger partial charge in [-0.3, -0.25) is 4.79 Å². The van der Waals surface area contributed by atoms with Gasteiger partial charge < -0.3 is 20.3 Å². The Labute approximate surface area is 145 Å². The van der Waals surface area contributed by atoms with E-state index in [1.807, 2.05) is 26.0 Å². The van der Waals surface area contributed by atoms with E-state index >= 15 is 0 Å². The molecule has 0 bridgehead atoms. The minimum Gasteiger partial charge on any atom is -0.489 e. The molecular weight excluding hydrogens is 318 g/mol. The van der Waals surface area contributed by atoms with Crippen LogP contribution in [0.1, 0.15) is 27.4 Å². The number of hydrogen-bond acceptors (Lipinski definition) is 5. The predicted octanol–water partition coefficient (Wildman–Crippen LogP) is 3.70. The molecule has 1 aromatic heterocycles. The van der Waals surface area contributed by atoms with Gasteiger partial charge in [0, 0.05) is 5.56 Å². The summed E-state index contributed by atoms with van der Waals surface area (Å²) in [6.45, 7) is 4.09. The van der Waals surface area contributed by atoms with Gasteiger partial charge in [-0.1, -0.05) is 17.3 Å². The lowest BCUT2D eigenvalue weighted by Crippen LogP contribution is -2.13. The third-order valence-corrected chi connectivity index (χ3v) is 3.89. The van der Waals surface area contributed by atoms with E-state index in [-0.39, 0.29) is 5.91 Å². The highest BCUT2D eigenvalue weighted by Gasteiger charge is 2.11. The monoisotopic (exact) mass is 337 g/mol. The van der Waals surface area contributed by atoms with E-state index in [1.54, 1.807) is 36.4 Å². The fourth-order valence-electron chi connectivity index (χ4n) is 2.37. The van der Waals surface area contributed by atoms with Crippen molar-refractivity contribution in [2.45, 2.75) is 20.5 Å². The SMILES string of the molecule is Cc1noc(C)c1COc1ccc(C(=O)Nc2ccccc2N)cc1. The molecule has 0 unspecified atom stereocenters. The predicted molar refractivity (Wildman–Crippen MR) is 95.6 cm³/mol. The van der Waals surface area contributed by atoms with Crippen molar-refractivity contribution in [3.8, 4) is 5.75 Å². The highest BCUT2D eigenvalue weighted by molar-refractivity contribution is 6.05. The standard InChI is InChI=1S/C19H19N3O3/c1-12-16(13(2)25-22-12)11-24-15-9-7-14(8-10-15)19(23)21-18-6-4-3-5-17(18)20/h3-10H,11,20H2,1-2H3,(H,21,23). The normalized spacial score (nSPS) is 10.5. The van der Waals surface area contributed by atoms with Crippen LogP contribution in [-0.2, 0) is 6.61 Å². The third-order valence-electron chi connectivity index (χ3n) is 3.89. The highest BCUT2D eigenvalue weighted by Crippen LogP contribution is 2.20. The van der Waals surface area contributed by atoms with Gasteiger partial charge in [-0.05, 0) is 50.2 Å². The van der Waals surface area contributed by atoms with Crippen LogP contribution in [0.3, 0.4) is 0 Å². The molecule has 128 valence electrons. The molecule has 3 rings (SSSR count). The average molecular weight is 337 g/mol. The van der Waals surface area contributed by atoms with Gasteiger partial charge in [-0.25, -0.2) is 0 Å².